The SMILES string of the molecule is CCC(NCC(C)(C)OC)c1ccc(Cl)cc1. The molecule has 0 bridgehead atoms. The predicted octanol–water partition coefficient (Wildman–Crippen LogP) is 3.81. The van der Waals surface area contributed by atoms with Crippen molar-refractivity contribution in [2.45, 2.75) is 38.8 Å². The summed E-state index contributed by atoms with van der Waals surface area (Å²) in [6.45, 7) is 7.15. The van der Waals surface area contributed by atoms with E-state index in [9.17, 15) is 0 Å². The third kappa shape index (κ3) is 4.66. The molecule has 0 aromatic heterocycles. The molecule has 1 N–H and O–H groups in total. The average molecular weight is 256 g/mol. The summed E-state index contributed by atoms with van der Waals surface area (Å²) >= 11 is 5.89. The maximum Gasteiger partial charge on any atom is 0.0746 e. The van der Waals surface area contributed by atoms with Crippen molar-refractivity contribution < 1.29 is 4.74 Å². The van der Waals surface area contributed by atoms with Crippen LogP contribution in [0.5, 0.6) is 0 Å². The second kappa shape index (κ2) is 6.39. The molecule has 1 unspecified atom stereocenters. The Morgan fingerprint density at radius 2 is 1.88 bits per heavy atom. The Labute approximate surface area is 109 Å². The zero-order chi connectivity index (χ0) is 12.9. The number of nitrogens with one attached hydrogen (secondary N) is 1. The Bertz CT molecular complexity index is 335. The highest BCUT2D eigenvalue weighted by molar-refractivity contribution is 6.30. The first-order valence-electron chi connectivity index (χ1n) is 6.02. The van der Waals surface area contributed by atoms with Gasteiger partial charge in [0.2, 0.25) is 0 Å². The molecule has 0 heterocycles. The van der Waals surface area contributed by atoms with Crippen LogP contribution < -0.4 is 5.32 Å². The van der Waals surface area contributed by atoms with Crippen LogP contribution in [0.2, 0.25) is 5.02 Å². The van der Waals surface area contributed by atoms with Gasteiger partial charge in [-0.2, -0.15) is 0 Å². The minimum atomic E-state index is -0.139. The van der Waals surface area contributed by atoms with Gasteiger partial charge in [-0.05, 0) is 38.0 Å². The predicted molar refractivity (Wildman–Crippen MR) is 73.6 cm³/mol. The minimum Gasteiger partial charge on any atom is -0.377 e. The number of hydrogen-bond donors (Lipinski definition) is 1. The molecule has 1 rings (SSSR count). The summed E-state index contributed by atoms with van der Waals surface area (Å²) in [5, 5.41) is 4.31. The van der Waals surface area contributed by atoms with Crippen LogP contribution in [0.1, 0.15) is 38.8 Å². The smallest absolute Gasteiger partial charge is 0.0746 e. The largest absolute Gasteiger partial charge is 0.377 e. The van der Waals surface area contributed by atoms with Gasteiger partial charge in [0.15, 0.2) is 0 Å². The molecular weight excluding hydrogens is 234 g/mol. The average Bonchev–Trinajstić information content (AvgIpc) is 2.32. The highest BCUT2D eigenvalue weighted by atomic mass is 35.5. The first-order valence-corrected chi connectivity index (χ1v) is 6.40. The van der Waals surface area contributed by atoms with Crippen LogP contribution in [0.15, 0.2) is 24.3 Å². The highest BCUT2D eigenvalue weighted by Crippen LogP contribution is 2.20. The molecule has 0 aliphatic carbocycles. The van der Waals surface area contributed by atoms with Gasteiger partial charge in [-0.1, -0.05) is 30.7 Å². The molecule has 0 spiro atoms. The highest BCUT2D eigenvalue weighted by Gasteiger charge is 2.18. The van der Waals surface area contributed by atoms with Crippen LogP contribution in [0, 0.1) is 0 Å². The minimum absolute atomic E-state index is 0.139. The normalized spacial score (nSPS) is 13.7. The standard InChI is InChI=1S/C14H22ClNO/c1-5-13(16-10-14(2,3)17-4)11-6-8-12(15)9-7-11/h6-9,13,16H,5,10H2,1-4H3. The molecule has 1 atom stereocenters. The van der Waals surface area contributed by atoms with E-state index in [-0.39, 0.29) is 5.60 Å². The molecule has 2 nitrogen and oxygen atoms in total. The van der Waals surface area contributed by atoms with Gasteiger partial charge >= 0.3 is 0 Å². The van der Waals surface area contributed by atoms with E-state index in [0.29, 0.717) is 6.04 Å². The van der Waals surface area contributed by atoms with Crippen LogP contribution in [-0.4, -0.2) is 19.3 Å². The molecule has 1 aromatic carbocycles. The number of ether oxygens (including phenoxy) is 1. The van der Waals surface area contributed by atoms with E-state index >= 15 is 0 Å². The van der Waals surface area contributed by atoms with Gasteiger partial charge in [0.1, 0.15) is 0 Å². The number of methoxy groups -OCH3 is 1. The van der Waals surface area contributed by atoms with Gasteiger partial charge in [0.05, 0.1) is 5.60 Å². The van der Waals surface area contributed by atoms with Crippen LogP contribution in [0.3, 0.4) is 0 Å². The fourth-order valence-corrected chi connectivity index (χ4v) is 1.76. The molecule has 96 valence electrons. The van der Waals surface area contributed by atoms with Gasteiger partial charge < -0.3 is 10.1 Å². The number of halogens is 1. The zero-order valence-corrected chi connectivity index (χ0v) is 11.8. The molecular formula is C14H22ClNO. The maximum atomic E-state index is 5.89. The summed E-state index contributed by atoms with van der Waals surface area (Å²) in [5.74, 6) is 0. The molecule has 0 radical (unpaired) electrons. The first-order chi connectivity index (χ1) is 7.98. The van der Waals surface area contributed by atoms with Crippen LogP contribution in [-0.2, 0) is 4.74 Å². The molecule has 3 heteroatoms. The fourth-order valence-electron chi connectivity index (χ4n) is 1.63. The summed E-state index contributed by atoms with van der Waals surface area (Å²) in [6, 6.07) is 8.36. The lowest BCUT2D eigenvalue weighted by atomic mass is 10.0. The van der Waals surface area contributed by atoms with Crippen molar-refractivity contribution in [1.82, 2.24) is 5.32 Å². The number of hydrogen-bond acceptors (Lipinski definition) is 2. The number of rotatable bonds is 6. The van der Waals surface area contributed by atoms with E-state index in [1.165, 1.54) is 5.56 Å². The molecule has 1 aromatic rings. The van der Waals surface area contributed by atoms with Crippen molar-refractivity contribution in [2.75, 3.05) is 13.7 Å². The fraction of sp³-hybridized carbons (Fsp3) is 0.571. The van der Waals surface area contributed by atoms with Gasteiger partial charge in [-0.3, -0.25) is 0 Å². The van der Waals surface area contributed by atoms with Crippen LogP contribution in [0.4, 0.5) is 0 Å². The molecule has 17 heavy (non-hydrogen) atoms. The Morgan fingerprint density at radius 1 is 1.29 bits per heavy atom. The van der Waals surface area contributed by atoms with Crippen LogP contribution in [0.25, 0.3) is 0 Å². The summed E-state index contributed by atoms with van der Waals surface area (Å²) in [4.78, 5) is 0. The van der Waals surface area contributed by atoms with E-state index in [4.69, 9.17) is 16.3 Å². The third-order valence-electron chi connectivity index (χ3n) is 3.01. The van der Waals surface area contributed by atoms with Crippen molar-refractivity contribution in [1.29, 1.82) is 0 Å². The topological polar surface area (TPSA) is 21.3 Å². The molecule has 0 saturated heterocycles. The molecule has 0 amide bonds. The van der Waals surface area contributed by atoms with Crippen molar-refractivity contribution in [3.05, 3.63) is 34.9 Å². The van der Waals surface area contributed by atoms with Gasteiger partial charge in [0, 0.05) is 24.7 Å². The number of benzene rings is 1. The lowest BCUT2D eigenvalue weighted by Crippen LogP contribution is -2.38. The first kappa shape index (κ1) is 14.5. The van der Waals surface area contributed by atoms with E-state index in [1.807, 2.05) is 12.1 Å². The summed E-state index contributed by atoms with van der Waals surface area (Å²) in [5.41, 5.74) is 1.13. The second-order valence-corrected chi connectivity index (χ2v) is 5.29. The molecule has 0 fully saturated rings. The van der Waals surface area contributed by atoms with Crippen molar-refractivity contribution in [2.24, 2.45) is 0 Å². The van der Waals surface area contributed by atoms with Crippen molar-refractivity contribution in [3.63, 3.8) is 0 Å². The Hall–Kier alpha value is -0.570. The Morgan fingerprint density at radius 3 is 2.35 bits per heavy atom. The van der Waals surface area contributed by atoms with Crippen molar-refractivity contribution in [3.8, 4) is 0 Å². The van der Waals surface area contributed by atoms with Gasteiger partial charge in [-0.25, -0.2) is 0 Å². The lowest BCUT2D eigenvalue weighted by Gasteiger charge is -2.27. The van der Waals surface area contributed by atoms with E-state index in [0.717, 1.165) is 18.0 Å². The molecule has 0 aliphatic rings. The molecule has 0 aliphatic heterocycles. The van der Waals surface area contributed by atoms with Gasteiger partial charge in [-0.15, -0.1) is 0 Å². The Balaban J connectivity index is 2.63. The van der Waals surface area contributed by atoms with Crippen LogP contribution >= 0.6 is 11.6 Å². The van der Waals surface area contributed by atoms with E-state index in [2.05, 4.69) is 38.2 Å². The Kier molecular flexibility index (Phi) is 5.44. The monoisotopic (exact) mass is 255 g/mol. The zero-order valence-electron chi connectivity index (χ0n) is 11.1. The summed E-state index contributed by atoms with van der Waals surface area (Å²) in [7, 11) is 1.74. The molecule has 0 saturated carbocycles. The quantitative estimate of drug-likeness (QED) is 0.835. The maximum absolute atomic E-state index is 5.89. The lowest BCUT2D eigenvalue weighted by molar-refractivity contribution is 0.0209. The van der Waals surface area contributed by atoms with E-state index < -0.39 is 0 Å². The van der Waals surface area contributed by atoms with Gasteiger partial charge in [0.25, 0.3) is 0 Å². The third-order valence-corrected chi connectivity index (χ3v) is 3.26. The van der Waals surface area contributed by atoms with E-state index in [1.54, 1.807) is 7.11 Å². The second-order valence-electron chi connectivity index (χ2n) is 4.86. The van der Waals surface area contributed by atoms with Crippen molar-refractivity contribution >= 4 is 11.6 Å². The summed E-state index contributed by atoms with van der Waals surface area (Å²) < 4.78 is 5.40. The summed E-state index contributed by atoms with van der Waals surface area (Å²) in [6.07, 6.45) is 1.04.